The average molecular weight is 385 g/mol. The number of anilines is 1. The predicted octanol–water partition coefficient (Wildman–Crippen LogP) is 3.45. The normalized spacial score (nSPS) is 12.5. The Morgan fingerprint density at radius 3 is 2.62 bits per heavy atom. The number of nitrogens with zero attached hydrogens (tertiary/aromatic N) is 3. The highest BCUT2D eigenvalue weighted by Gasteiger charge is 2.07. The van der Waals surface area contributed by atoms with Gasteiger partial charge in [0.15, 0.2) is 0 Å². The summed E-state index contributed by atoms with van der Waals surface area (Å²) in [6, 6.07) is 16.1. The lowest BCUT2D eigenvalue weighted by molar-refractivity contribution is 0.918. The first-order chi connectivity index (χ1) is 14.0. The molecule has 0 unspecified atom stereocenters. The van der Waals surface area contributed by atoms with E-state index in [1.54, 1.807) is 6.20 Å². The van der Waals surface area contributed by atoms with E-state index in [9.17, 15) is 0 Å². The first-order valence-electron chi connectivity index (χ1n) is 9.24. The molecule has 4 rings (SSSR count). The summed E-state index contributed by atoms with van der Waals surface area (Å²) in [5, 5.41) is 11.2. The van der Waals surface area contributed by atoms with Crippen molar-refractivity contribution >= 4 is 22.4 Å². The number of aliphatic imine (C=N–C) groups is 1. The third-order valence-electron chi connectivity index (χ3n) is 4.97. The Kier molecular flexibility index (Phi) is 4.78. The molecule has 0 amide bonds. The number of nitrogens with one attached hydrogen (secondary N) is 2. The van der Waals surface area contributed by atoms with E-state index in [-0.39, 0.29) is 0 Å². The fourth-order valence-electron chi connectivity index (χ4n) is 3.23. The third kappa shape index (κ3) is 3.70. The highest BCUT2D eigenvalue weighted by molar-refractivity contribution is 6.01. The van der Waals surface area contributed by atoms with Gasteiger partial charge in [0.1, 0.15) is 11.7 Å². The molecule has 7 heteroatoms. The van der Waals surface area contributed by atoms with Gasteiger partial charge < -0.3 is 21.4 Å². The zero-order valence-corrected chi connectivity index (χ0v) is 16.3. The number of benzene rings is 2. The third-order valence-corrected chi connectivity index (χ3v) is 4.97. The van der Waals surface area contributed by atoms with Crippen LogP contribution in [0.5, 0.6) is 0 Å². The molecule has 6 N–H and O–H groups in total. The van der Waals surface area contributed by atoms with Gasteiger partial charge in [-0.05, 0) is 42.1 Å². The van der Waals surface area contributed by atoms with Crippen LogP contribution < -0.4 is 16.8 Å². The molecular weight excluding hydrogens is 362 g/mol. The summed E-state index contributed by atoms with van der Waals surface area (Å²) >= 11 is 0. The van der Waals surface area contributed by atoms with E-state index in [0.29, 0.717) is 11.7 Å². The van der Waals surface area contributed by atoms with Crippen molar-refractivity contribution in [3.05, 3.63) is 84.2 Å². The van der Waals surface area contributed by atoms with Gasteiger partial charge in [-0.25, -0.2) is 4.99 Å². The summed E-state index contributed by atoms with van der Waals surface area (Å²) in [5.41, 5.74) is 18.1. The van der Waals surface area contributed by atoms with Crippen LogP contribution >= 0.6 is 0 Å². The van der Waals surface area contributed by atoms with Gasteiger partial charge in [0.05, 0.1) is 6.20 Å². The molecule has 0 saturated heterocycles. The van der Waals surface area contributed by atoms with Crippen LogP contribution in [0, 0.1) is 6.92 Å². The van der Waals surface area contributed by atoms with Crippen molar-refractivity contribution in [3.8, 4) is 11.1 Å². The summed E-state index contributed by atoms with van der Waals surface area (Å²) < 4.78 is 2.13. The second-order valence-corrected chi connectivity index (χ2v) is 6.86. The maximum absolute atomic E-state index is 6.26. The Hall–Kier alpha value is -4.00. The van der Waals surface area contributed by atoms with Crippen LogP contribution in [-0.2, 0) is 7.05 Å². The van der Waals surface area contributed by atoms with E-state index in [1.165, 1.54) is 17.3 Å². The monoisotopic (exact) mass is 385 g/mol. The maximum atomic E-state index is 6.26. The zero-order valence-electron chi connectivity index (χ0n) is 16.3. The Morgan fingerprint density at radius 2 is 1.93 bits per heavy atom. The van der Waals surface area contributed by atoms with Crippen molar-refractivity contribution in [3.63, 3.8) is 0 Å². The quantitative estimate of drug-likeness (QED) is 0.311. The van der Waals surface area contributed by atoms with Crippen LogP contribution in [0.2, 0.25) is 0 Å². The van der Waals surface area contributed by atoms with E-state index >= 15 is 0 Å². The molecule has 7 nitrogen and oxygen atoms in total. The lowest BCUT2D eigenvalue weighted by atomic mass is 10.1. The Bertz CT molecular complexity index is 1200. The summed E-state index contributed by atoms with van der Waals surface area (Å²) in [7, 11) is 2.04. The van der Waals surface area contributed by atoms with Crippen molar-refractivity contribution in [2.75, 3.05) is 5.32 Å². The molecule has 0 radical (unpaired) electrons. The first kappa shape index (κ1) is 18.4. The number of rotatable bonds is 5. The summed E-state index contributed by atoms with van der Waals surface area (Å²) in [4.78, 5) is 4.47. The van der Waals surface area contributed by atoms with E-state index in [0.717, 1.165) is 27.9 Å². The minimum Gasteiger partial charge on any atom is -0.402 e. The Labute approximate surface area is 168 Å². The number of aryl methyl sites for hydroxylation is 2. The summed E-state index contributed by atoms with van der Waals surface area (Å²) in [6.07, 6.45) is 5.04. The van der Waals surface area contributed by atoms with Crippen molar-refractivity contribution in [1.82, 2.24) is 14.8 Å². The topological polar surface area (TPSA) is 110 Å². The van der Waals surface area contributed by atoms with Crippen molar-refractivity contribution in [2.45, 2.75) is 6.92 Å². The Morgan fingerprint density at radius 1 is 1.14 bits per heavy atom. The molecule has 2 aromatic carbocycles. The molecule has 0 atom stereocenters. The largest absolute Gasteiger partial charge is 0.402 e. The van der Waals surface area contributed by atoms with Crippen LogP contribution in [0.15, 0.2) is 77.9 Å². The molecule has 0 aliphatic heterocycles. The van der Waals surface area contributed by atoms with Crippen molar-refractivity contribution in [1.29, 1.82) is 0 Å². The van der Waals surface area contributed by atoms with Gasteiger partial charge >= 0.3 is 0 Å². The highest BCUT2D eigenvalue weighted by Crippen LogP contribution is 2.22. The maximum Gasteiger partial charge on any atom is 0.148 e. The van der Waals surface area contributed by atoms with E-state index in [2.05, 4.69) is 38.1 Å². The van der Waals surface area contributed by atoms with E-state index < -0.39 is 0 Å². The predicted molar refractivity (Wildman–Crippen MR) is 118 cm³/mol. The SMILES string of the molecule is Cc1cc2ccc(/C(N)=N/C(=C\N)Nc3ccc(-c4cn[nH]c4)cc3)cc2n1C. The number of aromatic nitrogens is 3. The lowest BCUT2D eigenvalue weighted by Gasteiger charge is -2.09. The van der Waals surface area contributed by atoms with Gasteiger partial charge in [-0.15, -0.1) is 0 Å². The highest BCUT2D eigenvalue weighted by atomic mass is 15.1. The van der Waals surface area contributed by atoms with Gasteiger partial charge in [-0.2, -0.15) is 5.10 Å². The molecule has 4 aromatic rings. The van der Waals surface area contributed by atoms with Gasteiger partial charge in [-0.3, -0.25) is 5.10 Å². The van der Waals surface area contributed by atoms with Gasteiger partial charge in [0.2, 0.25) is 0 Å². The molecular formula is C22H23N7. The molecule has 146 valence electrons. The molecule has 2 heterocycles. The first-order valence-corrected chi connectivity index (χ1v) is 9.24. The molecule has 0 spiro atoms. The van der Waals surface area contributed by atoms with E-state index in [4.69, 9.17) is 11.5 Å². The van der Waals surface area contributed by atoms with Crippen LogP contribution in [0.25, 0.3) is 22.0 Å². The fraction of sp³-hybridized carbons (Fsp3) is 0.0909. The summed E-state index contributed by atoms with van der Waals surface area (Å²) in [5.74, 6) is 0.867. The zero-order chi connectivity index (χ0) is 20.4. The van der Waals surface area contributed by atoms with Gasteiger partial charge in [0, 0.05) is 47.5 Å². The molecule has 0 bridgehead atoms. The second kappa shape index (κ2) is 7.55. The number of hydrogen-bond donors (Lipinski definition) is 4. The van der Waals surface area contributed by atoms with Gasteiger partial charge in [0.25, 0.3) is 0 Å². The standard InChI is InChI=1S/C22H23N7/c1-14-9-16-3-4-17(10-20(16)29(14)2)22(24)28-21(11-23)27-19-7-5-15(6-8-19)18-12-25-26-13-18/h3-13,27H,23H2,1-2H3,(H2,24,28)(H,25,26)/b21-11-. The molecule has 0 aliphatic carbocycles. The molecule has 29 heavy (non-hydrogen) atoms. The minimum absolute atomic E-state index is 0.393. The Balaban J connectivity index is 1.55. The van der Waals surface area contributed by atoms with Crippen LogP contribution in [0.1, 0.15) is 11.3 Å². The number of fused-ring (bicyclic) bond motifs is 1. The minimum atomic E-state index is 0.393. The second-order valence-electron chi connectivity index (χ2n) is 6.86. The lowest BCUT2D eigenvalue weighted by Crippen LogP contribution is -2.15. The molecule has 0 aliphatic rings. The fourth-order valence-corrected chi connectivity index (χ4v) is 3.23. The number of H-pyrrole nitrogens is 1. The number of nitrogens with two attached hydrogens (primary N) is 2. The van der Waals surface area contributed by atoms with E-state index in [1.807, 2.05) is 55.7 Å². The van der Waals surface area contributed by atoms with Crippen LogP contribution in [0.3, 0.4) is 0 Å². The van der Waals surface area contributed by atoms with Crippen LogP contribution in [0.4, 0.5) is 5.69 Å². The van der Waals surface area contributed by atoms with Gasteiger partial charge in [-0.1, -0.05) is 24.3 Å². The summed E-state index contributed by atoms with van der Waals surface area (Å²) in [6.45, 7) is 2.08. The number of hydrogen-bond acceptors (Lipinski definition) is 4. The van der Waals surface area contributed by atoms with Crippen LogP contribution in [-0.4, -0.2) is 20.6 Å². The smallest absolute Gasteiger partial charge is 0.148 e. The molecule has 0 fully saturated rings. The van der Waals surface area contributed by atoms with Crippen molar-refractivity contribution < 1.29 is 0 Å². The number of aromatic amines is 1. The number of amidine groups is 1. The molecule has 0 saturated carbocycles. The average Bonchev–Trinajstić information content (AvgIpc) is 3.37. The molecule has 2 aromatic heterocycles. The van der Waals surface area contributed by atoms with Crippen molar-refractivity contribution in [2.24, 2.45) is 23.5 Å².